The van der Waals surface area contributed by atoms with Crippen LogP contribution in [0.15, 0.2) is 24.3 Å². The van der Waals surface area contributed by atoms with Crippen LogP contribution in [0, 0.1) is 0 Å². The van der Waals surface area contributed by atoms with E-state index in [4.69, 9.17) is 5.73 Å². The van der Waals surface area contributed by atoms with E-state index in [-0.39, 0.29) is 18.3 Å². The van der Waals surface area contributed by atoms with Crippen LogP contribution in [-0.4, -0.2) is 23.4 Å². The first-order valence-corrected chi connectivity index (χ1v) is 6.56. The van der Waals surface area contributed by atoms with Crippen molar-refractivity contribution in [3.63, 3.8) is 0 Å². The number of hydrogen-bond acceptors (Lipinski definition) is 2. The summed E-state index contributed by atoms with van der Waals surface area (Å²) in [5.74, 6) is 0.604. The fourth-order valence-electron chi connectivity index (χ4n) is 2.08. The summed E-state index contributed by atoms with van der Waals surface area (Å²) in [7, 11) is 1.83. The van der Waals surface area contributed by atoms with Crippen LogP contribution >= 0.6 is 12.4 Å². The summed E-state index contributed by atoms with van der Waals surface area (Å²) in [5.41, 5.74) is 7.83. The maximum Gasteiger partial charge on any atom is 0.242 e. The van der Waals surface area contributed by atoms with Crippen molar-refractivity contribution in [2.75, 3.05) is 7.05 Å². The Balaban J connectivity index is 0.00000180. The van der Waals surface area contributed by atoms with Gasteiger partial charge in [-0.2, -0.15) is 0 Å². The molecule has 4 heteroatoms. The molecule has 0 saturated heterocycles. The van der Waals surface area contributed by atoms with Gasteiger partial charge in [0, 0.05) is 13.6 Å². The molecule has 0 atom stereocenters. The highest BCUT2D eigenvalue weighted by molar-refractivity contribution is 5.88. The van der Waals surface area contributed by atoms with E-state index in [1.54, 1.807) is 4.90 Å². The minimum absolute atomic E-state index is 0. The Morgan fingerprint density at radius 2 is 1.84 bits per heavy atom. The van der Waals surface area contributed by atoms with Crippen LogP contribution in [0.1, 0.15) is 43.7 Å². The molecule has 1 amide bonds. The van der Waals surface area contributed by atoms with E-state index in [1.807, 2.05) is 7.05 Å². The standard InChI is InChI=1S/C15H22N2O.ClH/c1-11(2)13-6-4-12(5-7-13)10-17(3)14(18)15(16)8-9-15;/h4-7,11H,8-10,16H2,1-3H3;1H. The van der Waals surface area contributed by atoms with Crippen LogP contribution in [0.3, 0.4) is 0 Å². The summed E-state index contributed by atoms with van der Waals surface area (Å²) < 4.78 is 0. The number of amides is 1. The van der Waals surface area contributed by atoms with Crippen LogP contribution in [0.4, 0.5) is 0 Å². The lowest BCUT2D eigenvalue weighted by molar-refractivity contribution is -0.132. The van der Waals surface area contributed by atoms with Gasteiger partial charge in [-0.25, -0.2) is 0 Å². The Labute approximate surface area is 121 Å². The molecule has 0 spiro atoms. The molecule has 1 aliphatic rings. The Bertz CT molecular complexity index is 438. The van der Waals surface area contributed by atoms with E-state index < -0.39 is 5.54 Å². The maximum atomic E-state index is 12.0. The fourth-order valence-corrected chi connectivity index (χ4v) is 2.08. The minimum atomic E-state index is -0.563. The Kier molecular flexibility index (Phi) is 4.99. The number of likely N-dealkylation sites (N-methyl/N-ethyl adjacent to an activating group) is 1. The summed E-state index contributed by atoms with van der Waals surface area (Å²) in [6.07, 6.45) is 1.64. The molecule has 0 bridgehead atoms. The number of rotatable bonds is 4. The second-order valence-corrected chi connectivity index (χ2v) is 5.71. The summed E-state index contributed by atoms with van der Waals surface area (Å²) >= 11 is 0. The molecule has 0 aromatic heterocycles. The van der Waals surface area contributed by atoms with E-state index >= 15 is 0 Å². The lowest BCUT2D eigenvalue weighted by Gasteiger charge is -2.21. The van der Waals surface area contributed by atoms with Crippen LogP contribution < -0.4 is 5.73 Å². The van der Waals surface area contributed by atoms with Gasteiger partial charge in [-0.3, -0.25) is 4.79 Å². The predicted molar refractivity (Wildman–Crippen MR) is 80.4 cm³/mol. The van der Waals surface area contributed by atoms with Gasteiger partial charge in [0.15, 0.2) is 0 Å². The zero-order valence-corrected chi connectivity index (χ0v) is 12.7. The second-order valence-electron chi connectivity index (χ2n) is 5.71. The number of carbonyl (C=O) groups excluding carboxylic acids is 1. The van der Waals surface area contributed by atoms with Crippen molar-refractivity contribution in [1.82, 2.24) is 4.90 Å². The molecular weight excluding hydrogens is 260 g/mol. The molecule has 1 aromatic carbocycles. The molecular formula is C15H23ClN2O. The molecule has 3 nitrogen and oxygen atoms in total. The fraction of sp³-hybridized carbons (Fsp3) is 0.533. The van der Waals surface area contributed by atoms with Crippen LogP contribution in [0.5, 0.6) is 0 Å². The van der Waals surface area contributed by atoms with Crippen LogP contribution in [-0.2, 0) is 11.3 Å². The molecule has 1 aliphatic carbocycles. The topological polar surface area (TPSA) is 46.3 Å². The van der Waals surface area contributed by atoms with E-state index in [9.17, 15) is 4.79 Å². The SMILES string of the molecule is CC(C)c1ccc(CN(C)C(=O)C2(N)CC2)cc1.Cl. The molecule has 19 heavy (non-hydrogen) atoms. The third-order valence-corrected chi connectivity index (χ3v) is 3.63. The predicted octanol–water partition coefficient (Wildman–Crippen LogP) is 2.68. The molecule has 0 unspecified atom stereocenters. The molecule has 2 N–H and O–H groups in total. The van der Waals surface area contributed by atoms with Crippen molar-refractivity contribution in [3.05, 3.63) is 35.4 Å². The molecule has 1 fully saturated rings. The first-order valence-electron chi connectivity index (χ1n) is 6.56. The highest BCUT2D eigenvalue weighted by Crippen LogP contribution is 2.34. The smallest absolute Gasteiger partial charge is 0.242 e. The summed E-state index contributed by atoms with van der Waals surface area (Å²) in [4.78, 5) is 13.7. The average molecular weight is 283 g/mol. The van der Waals surface area contributed by atoms with E-state index in [2.05, 4.69) is 38.1 Å². The largest absolute Gasteiger partial charge is 0.340 e. The third kappa shape index (κ3) is 3.71. The van der Waals surface area contributed by atoms with Gasteiger partial charge in [-0.15, -0.1) is 12.4 Å². The Morgan fingerprint density at radius 3 is 2.26 bits per heavy atom. The first-order chi connectivity index (χ1) is 8.42. The summed E-state index contributed by atoms with van der Waals surface area (Å²) in [5, 5.41) is 0. The van der Waals surface area contributed by atoms with Crippen LogP contribution in [0.2, 0.25) is 0 Å². The van der Waals surface area contributed by atoms with Gasteiger partial charge in [-0.05, 0) is 29.9 Å². The van der Waals surface area contributed by atoms with Crippen molar-refractivity contribution >= 4 is 18.3 Å². The second kappa shape index (κ2) is 5.93. The first kappa shape index (κ1) is 16.0. The molecule has 1 aromatic rings. The zero-order valence-electron chi connectivity index (χ0n) is 11.8. The Morgan fingerprint density at radius 1 is 1.32 bits per heavy atom. The highest BCUT2D eigenvalue weighted by Gasteiger charge is 2.47. The van der Waals surface area contributed by atoms with Gasteiger partial charge in [-0.1, -0.05) is 38.1 Å². The van der Waals surface area contributed by atoms with E-state index in [1.165, 1.54) is 5.56 Å². The van der Waals surface area contributed by atoms with Crippen molar-refractivity contribution in [2.24, 2.45) is 5.73 Å². The van der Waals surface area contributed by atoms with Gasteiger partial charge < -0.3 is 10.6 Å². The summed E-state index contributed by atoms with van der Waals surface area (Å²) in [6.45, 7) is 4.99. The average Bonchev–Trinajstić information content (AvgIpc) is 3.08. The number of hydrogen-bond donors (Lipinski definition) is 1. The number of halogens is 1. The normalized spacial score (nSPS) is 15.8. The third-order valence-electron chi connectivity index (χ3n) is 3.63. The molecule has 1 saturated carbocycles. The van der Waals surface area contributed by atoms with E-state index in [0.717, 1.165) is 18.4 Å². The zero-order chi connectivity index (χ0) is 13.3. The number of nitrogens with zero attached hydrogens (tertiary/aromatic N) is 1. The Hall–Kier alpha value is -1.06. The van der Waals surface area contributed by atoms with Crippen molar-refractivity contribution in [3.8, 4) is 0 Å². The molecule has 0 aliphatic heterocycles. The van der Waals surface area contributed by atoms with E-state index in [0.29, 0.717) is 12.5 Å². The number of nitrogens with two attached hydrogens (primary N) is 1. The molecule has 2 rings (SSSR count). The number of benzene rings is 1. The van der Waals surface area contributed by atoms with Crippen molar-refractivity contribution in [2.45, 2.75) is 44.7 Å². The van der Waals surface area contributed by atoms with Gasteiger partial charge in [0.25, 0.3) is 0 Å². The van der Waals surface area contributed by atoms with Gasteiger partial charge >= 0.3 is 0 Å². The van der Waals surface area contributed by atoms with Gasteiger partial charge in [0.1, 0.15) is 0 Å². The lowest BCUT2D eigenvalue weighted by atomic mass is 10.0. The molecule has 106 valence electrons. The maximum absolute atomic E-state index is 12.0. The molecule has 0 heterocycles. The molecule has 0 radical (unpaired) electrons. The number of carbonyl (C=O) groups is 1. The van der Waals surface area contributed by atoms with Gasteiger partial charge in [0.05, 0.1) is 5.54 Å². The summed E-state index contributed by atoms with van der Waals surface area (Å²) in [6, 6.07) is 8.45. The van der Waals surface area contributed by atoms with Gasteiger partial charge in [0.2, 0.25) is 5.91 Å². The highest BCUT2D eigenvalue weighted by atomic mass is 35.5. The van der Waals surface area contributed by atoms with Crippen LogP contribution in [0.25, 0.3) is 0 Å². The van der Waals surface area contributed by atoms with Crippen molar-refractivity contribution in [1.29, 1.82) is 0 Å². The monoisotopic (exact) mass is 282 g/mol. The lowest BCUT2D eigenvalue weighted by Crippen LogP contribution is -2.43. The minimum Gasteiger partial charge on any atom is -0.340 e. The quantitative estimate of drug-likeness (QED) is 0.923. The van der Waals surface area contributed by atoms with Crippen molar-refractivity contribution < 1.29 is 4.79 Å².